The molecule has 8 heteroatoms. The standard InChI is InChI=1S/C16H10BrNO5S/c1-18-14(20)9-3-2-8(6-10(9)15(18)21)16(22)23-7-11(19)12-4-5-13(17)24-12/h2-6H,7H2,1H3. The second kappa shape index (κ2) is 6.29. The summed E-state index contributed by atoms with van der Waals surface area (Å²) in [6.45, 7) is -0.393. The summed E-state index contributed by atoms with van der Waals surface area (Å²) in [5.74, 6) is -1.92. The van der Waals surface area contributed by atoms with E-state index in [0.29, 0.717) is 4.88 Å². The number of nitrogens with zero attached hydrogens (tertiary/aromatic N) is 1. The number of rotatable bonds is 4. The third kappa shape index (κ3) is 2.90. The minimum Gasteiger partial charge on any atom is -0.454 e. The number of fused-ring (bicyclic) bond motifs is 1. The molecule has 0 saturated heterocycles. The van der Waals surface area contributed by atoms with Crippen LogP contribution in [0.15, 0.2) is 34.1 Å². The third-order valence-corrected chi connectivity index (χ3v) is 5.17. The predicted octanol–water partition coefficient (Wildman–Crippen LogP) is 2.78. The lowest BCUT2D eigenvalue weighted by Crippen LogP contribution is -2.24. The van der Waals surface area contributed by atoms with E-state index in [1.54, 1.807) is 12.1 Å². The van der Waals surface area contributed by atoms with Gasteiger partial charge in [0.05, 0.1) is 25.4 Å². The van der Waals surface area contributed by atoms with Crippen LogP contribution in [0.5, 0.6) is 0 Å². The van der Waals surface area contributed by atoms with Crippen LogP contribution in [0.1, 0.15) is 40.7 Å². The molecule has 2 amide bonds. The van der Waals surface area contributed by atoms with E-state index in [0.717, 1.165) is 8.69 Å². The molecule has 0 atom stereocenters. The molecule has 2 aromatic rings. The summed E-state index contributed by atoms with van der Waals surface area (Å²) in [6, 6.07) is 7.50. The Hall–Kier alpha value is -2.32. The number of imide groups is 1. The molecule has 0 saturated carbocycles. The van der Waals surface area contributed by atoms with Crippen LogP contribution in [-0.4, -0.2) is 42.1 Å². The molecule has 0 aliphatic carbocycles. The lowest BCUT2D eigenvalue weighted by atomic mass is 10.1. The Morgan fingerprint density at radius 1 is 1.12 bits per heavy atom. The summed E-state index contributed by atoms with van der Waals surface area (Å²) >= 11 is 4.50. The first-order chi connectivity index (χ1) is 11.4. The van der Waals surface area contributed by atoms with Gasteiger partial charge in [0.25, 0.3) is 11.8 Å². The van der Waals surface area contributed by atoms with Crippen LogP contribution >= 0.6 is 27.3 Å². The molecule has 0 spiro atoms. The Morgan fingerprint density at radius 3 is 2.50 bits per heavy atom. The van der Waals surface area contributed by atoms with Crippen molar-refractivity contribution in [2.45, 2.75) is 0 Å². The monoisotopic (exact) mass is 407 g/mol. The van der Waals surface area contributed by atoms with Crippen LogP contribution in [0, 0.1) is 0 Å². The molecule has 2 heterocycles. The number of carbonyl (C=O) groups is 4. The molecule has 6 nitrogen and oxygen atoms in total. The molecule has 3 rings (SSSR count). The highest BCUT2D eigenvalue weighted by atomic mass is 79.9. The fraction of sp³-hybridized carbons (Fsp3) is 0.125. The molecule has 24 heavy (non-hydrogen) atoms. The number of benzene rings is 1. The van der Waals surface area contributed by atoms with E-state index in [9.17, 15) is 19.2 Å². The van der Waals surface area contributed by atoms with Crippen molar-refractivity contribution in [3.8, 4) is 0 Å². The van der Waals surface area contributed by atoms with Crippen molar-refractivity contribution in [2.24, 2.45) is 0 Å². The maximum Gasteiger partial charge on any atom is 0.338 e. The maximum absolute atomic E-state index is 12.1. The van der Waals surface area contributed by atoms with E-state index in [1.165, 1.54) is 36.6 Å². The van der Waals surface area contributed by atoms with Gasteiger partial charge in [-0.3, -0.25) is 19.3 Å². The normalized spacial score (nSPS) is 13.2. The molecule has 1 aromatic carbocycles. The Labute approximate surface area is 149 Å². The smallest absolute Gasteiger partial charge is 0.338 e. The molecule has 0 unspecified atom stereocenters. The summed E-state index contributed by atoms with van der Waals surface area (Å²) < 4.78 is 5.80. The molecule has 0 radical (unpaired) electrons. The van der Waals surface area contributed by atoms with Crippen molar-refractivity contribution < 1.29 is 23.9 Å². The number of esters is 1. The Bertz CT molecular complexity index is 888. The molecule has 1 aliphatic heterocycles. The van der Waals surface area contributed by atoms with Crippen LogP contribution < -0.4 is 0 Å². The third-order valence-electron chi connectivity index (χ3n) is 3.51. The molecule has 0 N–H and O–H groups in total. The lowest BCUT2D eigenvalue weighted by Gasteiger charge is -2.04. The minimum absolute atomic E-state index is 0.116. The highest BCUT2D eigenvalue weighted by molar-refractivity contribution is 9.11. The zero-order valence-corrected chi connectivity index (χ0v) is 14.8. The first-order valence-corrected chi connectivity index (χ1v) is 8.41. The van der Waals surface area contributed by atoms with Gasteiger partial charge in [0.2, 0.25) is 5.78 Å². The number of thiophene rings is 1. The van der Waals surface area contributed by atoms with Crippen molar-refractivity contribution in [3.05, 3.63) is 55.7 Å². The summed E-state index contributed by atoms with van der Waals surface area (Å²) in [5, 5.41) is 0. The van der Waals surface area contributed by atoms with Gasteiger partial charge in [0, 0.05) is 7.05 Å². The van der Waals surface area contributed by atoms with Crippen LogP contribution in [0.2, 0.25) is 0 Å². The molecule has 0 fully saturated rings. The van der Waals surface area contributed by atoms with E-state index >= 15 is 0 Å². The quantitative estimate of drug-likeness (QED) is 0.442. The van der Waals surface area contributed by atoms with Crippen LogP contribution in [0.3, 0.4) is 0 Å². The predicted molar refractivity (Wildman–Crippen MR) is 89.5 cm³/mol. The van der Waals surface area contributed by atoms with Crippen LogP contribution in [0.25, 0.3) is 0 Å². The fourth-order valence-electron chi connectivity index (χ4n) is 2.24. The Kier molecular flexibility index (Phi) is 4.33. The van der Waals surface area contributed by atoms with Gasteiger partial charge in [-0.1, -0.05) is 0 Å². The van der Waals surface area contributed by atoms with Gasteiger partial charge in [-0.05, 0) is 46.3 Å². The second-order valence-corrected chi connectivity index (χ2v) is 7.50. The fourth-order valence-corrected chi connectivity index (χ4v) is 3.55. The minimum atomic E-state index is -0.725. The van der Waals surface area contributed by atoms with Gasteiger partial charge in [-0.2, -0.15) is 0 Å². The van der Waals surface area contributed by atoms with Crippen molar-refractivity contribution in [2.75, 3.05) is 13.7 Å². The topological polar surface area (TPSA) is 80.8 Å². The number of Topliss-reactive ketones (excluding diaryl/α,β-unsaturated/α-hetero) is 1. The second-order valence-electron chi connectivity index (χ2n) is 5.03. The number of carbonyl (C=O) groups excluding carboxylic acids is 4. The van der Waals surface area contributed by atoms with Crippen molar-refractivity contribution in [3.63, 3.8) is 0 Å². The molecule has 122 valence electrons. The maximum atomic E-state index is 12.1. The van der Waals surface area contributed by atoms with Crippen LogP contribution in [0.4, 0.5) is 0 Å². The van der Waals surface area contributed by atoms with E-state index in [4.69, 9.17) is 4.74 Å². The number of halogens is 1. The largest absolute Gasteiger partial charge is 0.454 e. The van der Waals surface area contributed by atoms with Crippen molar-refractivity contribution in [1.82, 2.24) is 4.90 Å². The van der Waals surface area contributed by atoms with Gasteiger partial charge < -0.3 is 4.74 Å². The van der Waals surface area contributed by atoms with Gasteiger partial charge >= 0.3 is 5.97 Å². The van der Waals surface area contributed by atoms with Crippen LogP contribution in [-0.2, 0) is 4.74 Å². The zero-order chi connectivity index (χ0) is 17.4. The molecule has 0 bridgehead atoms. The number of hydrogen-bond donors (Lipinski definition) is 0. The number of amides is 2. The SMILES string of the molecule is CN1C(=O)c2ccc(C(=O)OCC(=O)c3ccc(Br)s3)cc2C1=O. The summed E-state index contributed by atoms with van der Waals surface area (Å²) in [4.78, 5) is 49.2. The summed E-state index contributed by atoms with van der Waals surface area (Å²) in [5.41, 5.74) is 0.523. The van der Waals surface area contributed by atoms with E-state index in [2.05, 4.69) is 15.9 Å². The van der Waals surface area contributed by atoms with Gasteiger partial charge in [-0.25, -0.2) is 4.79 Å². The molecule has 1 aliphatic rings. The molecule has 1 aromatic heterocycles. The summed E-state index contributed by atoms with van der Waals surface area (Å²) in [6.07, 6.45) is 0. The number of ether oxygens (including phenoxy) is 1. The van der Waals surface area contributed by atoms with Crippen molar-refractivity contribution >= 4 is 50.8 Å². The van der Waals surface area contributed by atoms with Gasteiger partial charge in [0.1, 0.15) is 0 Å². The first kappa shape index (κ1) is 16.5. The van der Waals surface area contributed by atoms with Crippen molar-refractivity contribution in [1.29, 1.82) is 0 Å². The highest BCUT2D eigenvalue weighted by Crippen LogP contribution is 2.24. The number of ketones is 1. The zero-order valence-electron chi connectivity index (χ0n) is 12.4. The highest BCUT2D eigenvalue weighted by Gasteiger charge is 2.33. The Balaban J connectivity index is 1.72. The lowest BCUT2D eigenvalue weighted by molar-refractivity contribution is 0.0475. The molecular weight excluding hydrogens is 398 g/mol. The van der Waals surface area contributed by atoms with E-state index in [1.807, 2.05) is 0 Å². The number of hydrogen-bond acceptors (Lipinski definition) is 6. The van der Waals surface area contributed by atoms with Gasteiger partial charge in [0.15, 0.2) is 6.61 Å². The Morgan fingerprint density at radius 2 is 1.83 bits per heavy atom. The van der Waals surface area contributed by atoms with E-state index in [-0.39, 0.29) is 22.5 Å². The average molecular weight is 408 g/mol. The van der Waals surface area contributed by atoms with E-state index < -0.39 is 24.4 Å². The molecular formula is C16H10BrNO5S. The average Bonchev–Trinajstić information content (AvgIpc) is 3.10. The summed E-state index contributed by atoms with van der Waals surface area (Å²) in [7, 11) is 1.38. The first-order valence-electron chi connectivity index (χ1n) is 6.80. The van der Waals surface area contributed by atoms with Gasteiger partial charge in [-0.15, -0.1) is 11.3 Å².